The van der Waals surface area contributed by atoms with Gasteiger partial charge in [0, 0.05) is 6.54 Å². The molecule has 23 heavy (non-hydrogen) atoms. The molecule has 0 fully saturated rings. The SMILES string of the molecule is CCCCCCN1C(=O)C(C)(C)Oc2ccc(C(=O)OC)cc21. The average Bonchev–Trinajstić information content (AvgIpc) is 2.53. The van der Waals surface area contributed by atoms with Crippen LogP contribution < -0.4 is 9.64 Å². The highest BCUT2D eigenvalue weighted by atomic mass is 16.5. The predicted molar refractivity (Wildman–Crippen MR) is 89.0 cm³/mol. The Labute approximate surface area is 137 Å². The van der Waals surface area contributed by atoms with Crippen LogP contribution in [0.5, 0.6) is 5.75 Å². The summed E-state index contributed by atoms with van der Waals surface area (Å²) < 4.78 is 10.6. The summed E-state index contributed by atoms with van der Waals surface area (Å²) in [5.74, 6) is 0.122. The van der Waals surface area contributed by atoms with E-state index in [9.17, 15) is 9.59 Å². The summed E-state index contributed by atoms with van der Waals surface area (Å²) in [5, 5.41) is 0. The highest BCUT2D eigenvalue weighted by molar-refractivity contribution is 6.03. The first-order chi connectivity index (χ1) is 10.9. The molecule has 1 aromatic rings. The zero-order chi connectivity index (χ0) is 17.0. The maximum atomic E-state index is 12.7. The molecule has 1 amide bonds. The molecule has 5 heteroatoms. The van der Waals surface area contributed by atoms with Crippen molar-refractivity contribution in [3.8, 4) is 5.75 Å². The lowest BCUT2D eigenvalue weighted by atomic mass is 10.0. The molecule has 5 nitrogen and oxygen atoms in total. The molecular formula is C18H25NO4. The Morgan fingerprint density at radius 3 is 2.65 bits per heavy atom. The van der Waals surface area contributed by atoms with Gasteiger partial charge in [-0.1, -0.05) is 26.2 Å². The van der Waals surface area contributed by atoms with Crippen LogP contribution in [-0.4, -0.2) is 31.1 Å². The van der Waals surface area contributed by atoms with Crippen LogP contribution in [0, 0.1) is 0 Å². The third-order valence-corrected chi connectivity index (χ3v) is 4.03. The lowest BCUT2D eigenvalue weighted by Gasteiger charge is -2.39. The van der Waals surface area contributed by atoms with Gasteiger partial charge in [0.25, 0.3) is 5.91 Å². The van der Waals surface area contributed by atoms with Gasteiger partial charge >= 0.3 is 5.97 Å². The lowest BCUT2D eigenvalue weighted by molar-refractivity contribution is -0.132. The zero-order valence-electron chi connectivity index (χ0n) is 14.3. The van der Waals surface area contributed by atoms with Gasteiger partial charge in [-0.15, -0.1) is 0 Å². The number of amides is 1. The minimum Gasteiger partial charge on any atom is -0.476 e. The number of unbranched alkanes of at least 4 members (excludes halogenated alkanes) is 3. The van der Waals surface area contributed by atoms with Crippen LogP contribution in [0.1, 0.15) is 56.8 Å². The van der Waals surface area contributed by atoms with Crippen molar-refractivity contribution in [1.82, 2.24) is 0 Å². The molecule has 0 spiro atoms. The number of ether oxygens (including phenoxy) is 2. The Balaban J connectivity index is 2.32. The number of carbonyl (C=O) groups excluding carboxylic acids is 2. The van der Waals surface area contributed by atoms with Crippen LogP contribution in [-0.2, 0) is 9.53 Å². The van der Waals surface area contributed by atoms with E-state index in [1.165, 1.54) is 7.11 Å². The quantitative estimate of drug-likeness (QED) is 0.594. The fourth-order valence-electron chi connectivity index (χ4n) is 2.73. The van der Waals surface area contributed by atoms with Crippen molar-refractivity contribution in [3.63, 3.8) is 0 Å². The van der Waals surface area contributed by atoms with E-state index < -0.39 is 11.6 Å². The number of nitrogens with zero attached hydrogens (tertiary/aromatic N) is 1. The maximum absolute atomic E-state index is 12.7. The molecule has 0 N–H and O–H groups in total. The summed E-state index contributed by atoms with van der Waals surface area (Å²) in [5.41, 5.74) is 0.166. The molecule has 0 atom stereocenters. The summed E-state index contributed by atoms with van der Waals surface area (Å²) in [7, 11) is 1.34. The van der Waals surface area contributed by atoms with Gasteiger partial charge in [0.2, 0.25) is 0 Å². The van der Waals surface area contributed by atoms with Crippen LogP contribution in [0.2, 0.25) is 0 Å². The van der Waals surface area contributed by atoms with Crippen LogP contribution in [0.15, 0.2) is 18.2 Å². The number of hydrogen-bond donors (Lipinski definition) is 0. The van der Waals surface area contributed by atoms with Gasteiger partial charge in [0.05, 0.1) is 18.4 Å². The Kier molecular flexibility index (Phi) is 5.29. The highest BCUT2D eigenvalue weighted by Crippen LogP contribution is 2.38. The average molecular weight is 319 g/mol. The Bertz CT molecular complexity index is 595. The number of benzene rings is 1. The molecule has 0 aromatic heterocycles. The normalized spacial score (nSPS) is 15.8. The standard InChI is InChI=1S/C18H25NO4/c1-5-6-7-8-11-19-14-12-13(16(20)22-4)9-10-15(14)23-18(2,3)17(19)21/h9-10,12H,5-8,11H2,1-4H3. The molecular weight excluding hydrogens is 294 g/mol. The minimum atomic E-state index is -0.898. The van der Waals surface area contributed by atoms with Gasteiger partial charge in [0.15, 0.2) is 5.60 Å². The summed E-state index contributed by atoms with van der Waals surface area (Å²) >= 11 is 0. The smallest absolute Gasteiger partial charge is 0.337 e. The van der Waals surface area contributed by atoms with Crippen LogP contribution in [0.4, 0.5) is 5.69 Å². The van der Waals surface area contributed by atoms with Crippen molar-refractivity contribution in [2.75, 3.05) is 18.6 Å². The third-order valence-electron chi connectivity index (χ3n) is 4.03. The van der Waals surface area contributed by atoms with E-state index in [1.807, 2.05) is 0 Å². The maximum Gasteiger partial charge on any atom is 0.337 e. The Morgan fingerprint density at radius 2 is 2.00 bits per heavy atom. The van der Waals surface area contributed by atoms with Crippen molar-refractivity contribution in [2.24, 2.45) is 0 Å². The van der Waals surface area contributed by atoms with Crippen molar-refractivity contribution in [1.29, 1.82) is 0 Å². The Morgan fingerprint density at radius 1 is 1.26 bits per heavy atom. The third kappa shape index (κ3) is 3.66. The number of hydrogen-bond acceptors (Lipinski definition) is 4. The number of methoxy groups -OCH3 is 1. The van der Waals surface area contributed by atoms with Crippen molar-refractivity contribution >= 4 is 17.6 Å². The van der Waals surface area contributed by atoms with E-state index >= 15 is 0 Å². The van der Waals surface area contributed by atoms with Crippen LogP contribution in [0.3, 0.4) is 0 Å². The number of esters is 1. The monoisotopic (exact) mass is 319 g/mol. The summed E-state index contributed by atoms with van der Waals surface area (Å²) in [4.78, 5) is 26.2. The van der Waals surface area contributed by atoms with Crippen molar-refractivity contribution < 1.29 is 19.1 Å². The van der Waals surface area contributed by atoms with Crippen molar-refractivity contribution in [3.05, 3.63) is 23.8 Å². The molecule has 0 saturated carbocycles. The molecule has 0 bridgehead atoms. The van der Waals surface area contributed by atoms with Gasteiger partial charge in [-0.2, -0.15) is 0 Å². The molecule has 0 saturated heterocycles. The first kappa shape index (κ1) is 17.3. The number of anilines is 1. The first-order valence-electron chi connectivity index (χ1n) is 8.14. The molecule has 0 aliphatic carbocycles. The summed E-state index contributed by atoms with van der Waals surface area (Å²) in [6, 6.07) is 5.06. The second kappa shape index (κ2) is 7.02. The highest BCUT2D eigenvalue weighted by Gasteiger charge is 2.40. The van der Waals surface area contributed by atoms with E-state index in [4.69, 9.17) is 9.47 Å². The lowest BCUT2D eigenvalue weighted by Crippen LogP contribution is -2.52. The van der Waals surface area contributed by atoms with E-state index in [1.54, 1.807) is 36.9 Å². The van der Waals surface area contributed by atoms with Crippen LogP contribution >= 0.6 is 0 Å². The van der Waals surface area contributed by atoms with Gasteiger partial charge < -0.3 is 14.4 Å². The van der Waals surface area contributed by atoms with E-state index in [-0.39, 0.29) is 5.91 Å². The van der Waals surface area contributed by atoms with Crippen LogP contribution in [0.25, 0.3) is 0 Å². The second-order valence-corrected chi connectivity index (χ2v) is 6.30. The number of carbonyl (C=O) groups is 2. The van der Waals surface area contributed by atoms with Gasteiger partial charge in [-0.05, 0) is 38.5 Å². The zero-order valence-corrected chi connectivity index (χ0v) is 14.3. The number of rotatable bonds is 6. The van der Waals surface area contributed by atoms with Crippen molar-refractivity contribution in [2.45, 2.75) is 52.1 Å². The fraction of sp³-hybridized carbons (Fsp3) is 0.556. The van der Waals surface area contributed by atoms with E-state index in [0.717, 1.165) is 25.7 Å². The molecule has 1 aromatic carbocycles. The van der Waals surface area contributed by atoms with Gasteiger partial charge in [-0.25, -0.2) is 4.79 Å². The summed E-state index contributed by atoms with van der Waals surface area (Å²) in [6.45, 7) is 6.32. The molecule has 1 aliphatic heterocycles. The molecule has 126 valence electrons. The fourth-order valence-corrected chi connectivity index (χ4v) is 2.73. The molecule has 0 radical (unpaired) electrons. The van der Waals surface area contributed by atoms with Gasteiger partial charge in [-0.3, -0.25) is 4.79 Å². The van der Waals surface area contributed by atoms with Gasteiger partial charge in [0.1, 0.15) is 5.75 Å². The topological polar surface area (TPSA) is 55.8 Å². The minimum absolute atomic E-state index is 0.0801. The van der Waals surface area contributed by atoms with E-state index in [0.29, 0.717) is 23.5 Å². The molecule has 1 aliphatic rings. The predicted octanol–water partition coefficient (Wildman–Crippen LogP) is 3.56. The molecule has 1 heterocycles. The molecule has 0 unspecified atom stereocenters. The van der Waals surface area contributed by atoms with E-state index in [2.05, 4.69) is 6.92 Å². The summed E-state index contributed by atoms with van der Waals surface area (Å²) in [6.07, 6.45) is 4.30. The second-order valence-electron chi connectivity index (χ2n) is 6.30. The Hall–Kier alpha value is -2.04. The first-order valence-corrected chi connectivity index (χ1v) is 8.14. The number of fused-ring (bicyclic) bond motifs is 1. The largest absolute Gasteiger partial charge is 0.476 e. The molecule has 2 rings (SSSR count).